The van der Waals surface area contributed by atoms with Crippen LogP contribution in [-0.4, -0.2) is 88.8 Å². The third-order valence-corrected chi connectivity index (χ3v) is 5.98. The monoisotopic (exact) mass is 450 g/mol. The van der Waals surface area contributed by atoms with E-state index in [0.717, 1.165) is 12.0 Å². The molecule has 2 atom stereocenters. The summed E-state index contributed by atoms with van der Waals surface area (Å²) in [4.78, 5) is 48.3. The number of aliphatic carboxylic acids is 1. The minimum atomic E-state index is -1.48. The lowest BCUT2D eigenvalue weighted by Gasteiger charge is -2.43. The number of amides is 2. The van der Waals surface area contributed by atoms with Gasteiger partial charge in [0, 0.05) is 39.0 Å². The maximum atomic E-state index is 12.7. The predicted molar refractivity (Wildman–Crippen MR) is 113 cm³/mol. The third kappa shape index (κ3) is 5.97. The van der Waals surface area contributed by atoms with Gasteiger partial charge in [-0.15, -0.1) is 0 Å². The molecule has 0 unspecified atom stereocenters. The Balaban J connectivity index is 0.00000114. The Labute approximate surface area is 186 Å². The van der Waals surface area contributed by atoms with Crippen molar-refractivity contribution in [3.63, 3.8) is 0 Å². The van der Waals surface area contributed by atoms with Crippen LogP contribution in [0.3, 0.4) is 0 Å². The molecule has 2 aliphatic heterocycles. The Kier molecular flexibility index (Phi) is 9.01. The van der Waals surface area contributed by atoms with Crippen LogP contribution in [0.4, 0.5) is 0 Å². The van der Waals surface area contributed by atoms with Crippen LogP contribution >= 0.6 is 0 Å². The lowest BCUT2D eigenvalue weighted by molar-refractivity contribution is -0.165. The van der Waals surface area contributed by atoms with Gasteiger partial charge in [-0.05, 0) is 37.0 Å². The number of carboxylic acids is 1. The number of likely N-dealkylation sites (tertiary alicyclic amines) is 2. The molecule has 3 N–H and O–H groups in total. The minimum Gasteiger partial charge on any atom is -0.497 e. The number of methoxy groups -OCH3 is 1. The molecule has 2 heterocycles. The molecule has 10 heteroatoms. The first-order valence-corrected chi connectivity index (χ1v) is 10.4. The molecule has 0 radical (unpaired) electrons. The van der Waals surface area contributed by atoms with Crippen molar-refractivity contribution in [2.75, 3.05) is 33.3 Å². The van der Waals surface area contributed by atoms with E-state index in [-0.39, 0.29) is 44.1 Å². The van der Waals surface area contributed by atoms with Crippen molar-refractivity contribution < 1.29 is 39.2 Å². The van der Waals surface area contributed by atoms with E-state index < -0.39 is 17.5 Å². The highest BCUT2D eigenvalue weighted by Crippen LogP contribution is 2.35. The molecule has 32 heavy (non-hydrogen) atoms. The number of hydrogen-bond donors (Lipinski definition) is 3. The van der Waals surface area contributed by atoms with Gasteiger partial charge in [0.25, 0.3) is 6.47 Å². The zero-order valence-electron chi connectivity index (χ0n) is 18.1. The summed E-state index contributed by atoms with van der Waals surface area (Å²) in [6, 6.07) is 7.08. The molecule has 2 saturated heterocycles. The van der Waals surface area contributed by atoms with Crippen LogP contribution < -0.4 is 4.74 Å². The lowest BCUT2D eigenvalue weighted by Crippen LogP contribution is -2.58. The molecule has 10 nitrogen and oxygen atoms in total. The largest absolute Gasteiger partial charge is 0.497 e. The van der Waals surface area contributed by atoms with Gasteiger partial charge in [0.2, 0.25) is 11.8 Å². The first-order valence-electron chi connectivity index (χ1n) is 10.4. The number of rotatable bonds is 7. The van der Waals surface area contributed by atoms with Gasteiger partial charge >= 0.3 is 5.97 Å². The molecule has 0 aromatic heterocycles. The number of carbonyl (C=O) groups excluding carboxylic acids is 2. The van der Waals surface area contributed by atoms with E-state index >= 15 is 0 Å². The molecular weight excluding hydrogens is 420 g/mol. The maximum Gasteiger partial charge on any atom is 0.314 e. The molecule has 1 aromatic carbocycles. The summed E-state index contributed by atoms with van der Waals surface area (Å²) in [5.74, 6) is -0.644. The minimum absolute atomic E-state index is 0.0600. The molecule has 1 aromatic rings. The number of ether oxygens (including phenoxy) is 1. The molecule has 2 aliphatic rings. The number of carboxylic acid groups (broad SMARTS) is 2. The zero-order chi connectivity index (χ0) is 23.7. The Morgan fingerprint density at radius 1 is 1.31 bits per heavy atom. The van der Waals surface area contributed by atoms with E-state index in [9.17, 15) is 24.6 Å². The number of aliphatic hydroxyl groups excluding tert-OH is 1. The topological polar surface area (TPSA) is 145 Å². The van der Waals surface area contributed by atoms with Crippen molar-refractivity contribution in [2.45, 2.75) is 38.2 Å². The molecule has 0 aliphatic carbocycles. The van der Waals surface area contributed by atoms with Crippen molar-refractivity contribution in [3.8, 4) is 5.75 Å². The van der Waals surface area contributed by atoms with Gasteiger partial charge in [0.1, 0.15) is 11.2 Å². The second-order valence-corrected chi connectivity index (χ2v) is 7.95. The van der Waals surface area contributed by atoms with Crippen molar-refractivity contribution in [3.05, 3.63) is 29.8 Å². The second-order valence-electron chi connectivity index (χ2n) is 7.95. The summed E-state index contributed by atoms with van der Waals surface area (Å²) in [6.07, 6.45) is 0.727. The molecule has 0 spiro atoms. The molecule has 2 amide bonds. The van der Waals surface area contributed by atoms with Crippen LogP contribution in [0.5, 0.6) is 5.75 Å². The summed E-state index contributed by atoms with van der Waals surface area (Å²) >= 11 is 0. The third-order valence-electron chi connectivity index (χ3n) is 5.98. The highest BCUT2D eigenvalue weighted by molar-refractivity contribution is 5.82. The van der Waals surface area contributed by atoms with E-state index in [4.69, 9.17) is 14.6 Å². The lowest BCUT2D eigenvalue weighted by atomic mass is 9.72. The van der Waals surface area contributed by atoms with E-state index in [1.807, 2.05) is 0 Å². The van der Waals surface area contributed by atoms with Crippen LogP contribution in [-0.2, 0) is 25.6 Å². The molecule has 2 fully saturated rings. The fourth-order valence-electron chi connectivity index (χ4n) is 4.23. The van der Waals surface area contributed by atoms with Crippen molar-refractivity contribution in [2.24, 2.45) is 5.41 Å². The summed E-state index contributed by atoms with van der Waals surface area (Å²) in [5.41, 5.74) is -0.758. The number of benzene rings is 1. The van der Waals surface area contributed by atoms with E-state index in [0.29, 0.717) is 31.8 Å². The fraction of sp³-hybridized carbons (Fsp3) is 0.545. The number of hydrogen-bond acceptors (Lipinski definition) is 6. The first-order chi connectivity index (χ1) is 15.3. The van der Waals surface area contributed by atoms with Crippen molar-refractivity contribution in [1.82, 2.24) is 9.80 Å². The average Bonchev–Trinajstić information content (AvgIpc) is 3.18. The standard InChI is InChI=1S/C21H28N2O6.CH2O2/c1-29-16-5-2-4-15(12-16)13-21(20(27)28)14-23(10-7-17(21)24)19(26)8-11-22-9-3-6-18(22)25;2-1-3/h2,4-5,12,17,24H,3,6-11,13-14H2,1H3,(H,27,28);1H,(H,2,3)/t17-,21-;/m1./s1. The van der Waals surface area contributed by atoms with Gasteiger partial charge in [0.05, 0.1) is 13.2 Å². The van der Waals surface area contributed by atoms with Gasteiger partial charge in [-0.1, -0.05) is 12.1 Å². The SMILES string of the molecule is COc1cccc(C[C@@]2(C(=O)O)CN(C(=O)CCN3CCCC3=O)CC[C@H]2O)c1.O=CO. The molecule has 0 saturated carbocycles. The Morgan fingerprint density at radius 3 is 2.62 bits per heavy atom. The average molecular weight is 450 g/mol. The fourth-order valence-corrected chi connectivity index (χ4v) is 4.23. The molecule has 0 bridgehead atoms. The predicted octanol–water partition coefficient (Wildman–Crippen LogP) is 0.615. The number of nitrogens with zero attached hydrogens (tertiary/aromatic N) is 2. The maximum absolute atomic E-state index is 12.7. The summed E-state index contributed by atoms with van der Waals surface area (Å²) < 4.78 is 5.21. The summed E-state index contributed by atoms with van der Waals surface area (Å²) in [6.45, 7) is 1.01. The van der Waals surface area contributed by atoms with Crippen LogP contribution in [0, 0.1) is 5.41 Å². The van der Waals surface area contributed by atoms with Gasteiger partial charge in [-0.25, -0.2) is 0 Å². The van der Waals surface area contributed by atoms with Crippen LogP contribution in [0.2, 0.25) is 0 Å². The second kappa shape index (κ2) is 11.5. The smallest absolute Gasteiger partial charge is 0.314 e. The molecule has 176 valence electrons. The van der Waals surface area contributed by atoms with Gasteiger partial charge in [-0.3, -0.25) is 19.2 Å². The Morgan fingerprint density at radius 2 is 2.03 bits per heavy atom. The number of piperidine rings is 1. The highest BCUT2D eigenvalue weighted by Gasteiger charge is 2.50. The van der Waals surface area contributed by atoms with Crippen molar-refractivity contribution >= 4 is 24.3 Å². The van der Waals surface area contributed by atoms with Crippen LogP contribution in [0.15, 0.2) is 24.3 Å². The highest BCUT2D eigenvalue weighted by atomic mass is 16.5. The quantitative estimate of drug-likeness (QED) is 0.513. The first kappa shape index (κ1) is 25.1. The summed E-state index contributed by atoms with van der Waals surface area (Å²) in [5, 5.41) is 27.5. The van der Waals surface area contributed by atoms with Gasteiger partial charge in [0.15, 0.2) is 0 Å². The van der Waals surface area contributed by atoms with Crippen LogP contribution in [0.1, 0.15) is 31.2 Å². The van der Waals surface area contributed by atoms with E-state index in [1.54, 1.807) is 29.2 Å². The van der Waals surface area contributed by atoms with Crippen molar-refractivity contribution in [1.29, 1.82) is 0 Å². The van der Waals surface area contributed by atoms with E-state index in [2.05, 4.69) is 0 Å². The number of aliphatic hydroxyl groups is 1. The van der Waals surface area contributed by atoms with Crippen LogP contribution in [0.25, 0.3) is 0 Å². The zero-order valence-corrected chi connectivity index (χ0v) is 18.1. The van der Waals surface area contributed by atoms with Gasteiger partial charge < -0.3 is 29.9 Å². The van der Waals surface area contributed by atoms with Gasteiger partial charge in [-0.2, -0.15) is 0 Å². The number of carbonyl (C=O) groups is 4. The summed E-state index contributed by atoms with van der Waals surface area (Å²) in [7, 11) is 1.53. The molecule has 3 rings (SSSR count). The van der Waals surface area contributed by atoms with E-state index in [1.165, 1.54) is 12.0 Å². The Bertz CT molecular complexity index is 830. The molecular formula is C22H30N2O8. The normalized spacial score (nSPS) is 22.7. The Hall–Kier alpha value is -3.14.